The van der Waals surface area contributed by atoms with Gasteiger partial charge < -0.3 is 49.7 Å². The molecule has 4 aliphatic heterocycles. The fraction of sp³-hybridized carbons (Fsp3) is 0.905. The van der Waals surface area contributed by atoms with Crippen LogP contribution in [-0.2, 0) is 28.4 Å². The van der Waals surface area contributed by atoms with Crippen LogP contribution in [0.2, 0.25) is 0 Å². The Kier molecular flexibility index (Phi) is 15.0. The molecular weight excluding hydrogens is 941 g/mol. The number of hydrogen-bond donors (Lipinski definition) is 4. The molecule has 4 saturated heterocycles. The molecule has 4 N–H and O–H groups in total. The molecule has 2 spiro atoms. The number of fused-ring (bicyclic) bond motifs is 14. The molecule has 0 radical (unpaired) electrons. The Bertz CT molecular complexity index is 1990. The summed E-state index contributed by atoms with van der Waals surface area (Å²) in [4.78, 5) is 25.8. The minimum absolute atomic E-state index is 0.0272. The van der Waals surface area contributed by atoms with E-state index in [9.17, 15) is 9.59 Å². The third-order valence-corrected chi connectivity index (χ3v) is 24.5. The molecule has 2 amide bonds. The third-order valence-electron chi connectivity index (χ3n) is 24.5. The topological polar surface area (TPSA) is 138 Å². The lowest BCUT2D eigenvalue weighted by Gasteiger charge is -2.58. The van der Waals surface area contributed by atoms with Gasteiger partial charge in [-0.2, -0.15) is 0 Å². The highest BCUT2D eigenvalue weighted by Gasteiger charge is 2.68. The first-order chi connectivity index (χ1) is 36.1. The number of allylic oxidation sites excluding steroid dienone is 2. The summed E-state index contributed by atoms with van der Waals surface area (Å²) in [6, 6.07) is 0. The molecule has 12 aliphatic rings. The SMILES string of the molecule is C[C@@H]1CC[C@@]2(C[C@H]3[C@H](C[C@H]4[C@@H]5CC=C6C[C@@H](OC(=O)NCCCCCNCCNCCNC(=O)O[C@H]7CC[C@@]8(C)C(=CC[C@H]9[C@@H]%10C[C@@H]%11O[C@]%12(CC[C@@H](C)CO%12)C[C@@H]%11[C@@]%10(C)CC[C@@H]98)C7)CC[C@]6(C)[C@H]5CC[C@@]43C)O2)OC1. The van der Waals surface area contributed by atoms with Crippen molar-refractivity contribution in [2.24, 2.45) is 80.8 Å². The van der Waals surface area contributed by atoms with Crippen LogP contribution in [0.1, 0.15) is 189 Å². The molecule has 420 valence electrons. The maximum atomic E-state index is 12.9. The van der Waals surface area contributed by atoms with Crippen molar-refractivity contribution in [2.45, 2.75) is 225 Å². The molecular formula is C63H100N4O8. The second kappa shape index (κ2) is 21.0. The van der Waals surface area contributed by atoms with Gasteiger partial charge in [0.05, 0.1) is 25.4 Å². The van der Waals surface area contributed by atoms with Gasteiger partial charge in [-0.25, -0.2) is 9.59 Å². The molecule has 6 saturated carbocycles. The van der Waals surface area contributed by atoms with Gasteiger partial charge in [-0.05, 0) is 190 Å². The highest BCUT2D eigenvalue weighted by molar-refractivity contribution is 5.67. The second-order valence-electron chi connectivity index (χ2n) is 28.7. The number of hydrogen-bond acceptors (Lipinski definition) is 10. The molecule has 0 unspecified atom stereocenters. The first-order valence-corrected chi connectivity index (χ1v) is 31.4. The number of unbranched alkanes of at least 4 members (excludes halogenated alkanes) is 2. The van der Waals surface area contributed by atoms with Gasteiger partial charge in [-0.1, -0.05) is 71.3 Å². The van der Waals surface area contributed by atoms with Gasteiger partial charge in [0.25, 0.3) is 0 Å². The number of nitrogens with one attached hydrogen (secondary N) is 4. The summed E-state index contributed by atoms with van der Waals surface area (Å²) < 4.78 is 38.8. The van der Waals surface area contributed by atoms with Crippen molar-refractivity contribution in [2.75, 3.05) is 52.5 Å². The minimum atomic E-state index is -0.308. The van der Waals surface area contributed by atoms with E-state index in [4.69, 9.17) is 28.4 Å². The molecule has 0 aromatic carbocycles. The number of alkyl carbamates (subject to hydrolysis) is 2. The second-order valence-corrected chi connectivity index (χ2v) is 28.7. The molecule has 8 aliphatic carbocycles. The maximum Gasteiger partial charge on any atom is 0.407 e. The Labute approximate surface area is 451 Å². The zero-order valence-electron chi connectivity index (χ0n) is 47.4. The van der Waals surface area contributed by atoms with E-state index in [0.717, 1.165) is 146 Å². The average Bonchev–Trinajstić information content (AvgIpc) is 4.14. The van der Waals surface area contributed by atoms with Crippen LogP contribution >= 0.6 is 0 Å². The maximum absolute atomic E-state index is 12.9. The van der Waals surface area contributed by atoms with Crippen molar-refractivity contribution in [1.29, 1.82) is 0 Å². The van der Waals surface area contributed by atoms with Crippen molar-refractivity contribution in [3.05, 3.63) is 23.3 Å². The minimum Gasteiger partial charge on any atom is -0.446 e. The summed E-state index contributed by atoms with van der Waals surface area (Å²) in [5.41, 5.74) is 4.24. The molecule has 12 rings (SSSR count). The van der Waals surface area contributed by atoms with Crippen molar-refractivity contribution in [3.63, 3.8) is 0 Å². The van der Waals surface area contributed by atoms with Crippen LogP contribution in [0.15, 0.2) is 23.3 Å². The first-order valence-electron chi connectivity index (χ1n) is 31.4. The summed E-state index contributed by atoms with van der Waals surface area (Å²) in [5.74, 6) is 6.29. The van der Waals surface area contributed by atoms with E-state index in [2.05, 4.69) is 75.0 Å². The van der Waals surface area contributed by atoms with Gasteiger partial charge in [-0.15, -0.1) is 0 Å². The highest BCUT2D eigenvalue weighted by atomic mass is 16.7. The lowest BCUT2D eigenvalue weighted by Crippen LogP contribution is -2.51. The van der Waals surface area contributed by atoms with Crippen molar-refractivity contribution < 1.29 is 38.0 Å². The summed E-state index contributed by atoms with van der Waals surface area (Å²) in [6.45, 7) is 21.2. The van der Waals surface area contributed by atoms with E-state index in [1.54, 1.807) is 11.1 Å². The summed E-state index contributed by atoms with van der Waals surface area (Å²) in [7, 11) is 0. The van der Waals surface area contributed by atoms with Crippen LogP contribution in [0.5, 0.6) is 0 Å². The zero-order chi connectivity index (χ0) is 51.8. The molecule has 12 nitrogen and oxygen atoms in total. The molecule has 0 aromatic rings. The Balaban J connectivity index is 0.485. The molecule has 12 heteroatoms. The van der Waals surface area contributed by atoms with E-state index < -0.39 is 0 Å². The van der Waals surface area contributed by atoms with E-state index in [-0.39, 0.29) is 46.8 Å². The van der Waals surface area contributed by atoms with Gasteiger partial charge in [0.1, 0.15) is 12.2 Å². The highest BCUT2D eigenvalue weighted by Crippen LogP contribution is 2.71. The quantitative estimate of drug-likeness (QED) is 0.0983. The summed E-state index contributed by atoms with van der Waals surface area (Å²) >= 11 is 0. The zero-order valence-corrected chi connectivity index (χ0v) is 47.4. The third kappa shape index (κ3) is 9.91. The van der Waals surface area contributed by atoms with Crippen LogP contribution in [0.4, 0.5) is 9.59 Å². The van der Waals surface area contributed by atoms with Crippen LogP contribution < -0.4 is 21.3 Å². The number of carbonyl (C=O) groups excluding carboxylic acids is 2. The predicted octanol–water partition coefficient (Wildman–Crippen LogP) is 11.8. The molecule has 20 atom stereocenters. The largest absolute Gasteiger partial charge is 0.446 e. The fourth-order valence-corrected chi connectivity index (χ4v) is 20.1. The predicted molar refractivity (Wildman–Crippen MR) is 290 cm³/mol. The van der Waals surface area contributed by atoms with E-state index in [1.165, 1.54) is 64.2 Å². The fourth-order valence-electron chi connectivity index (χ4n) is 20.1. The van der Waals surface area contributed by atoms with Crippen LogP contribution in [0.3, 0.4) is 0 Å². The summed E-state index contributed by atoms with van der Waals surface area (Å²) in [5, 5.41) is 13.0. The van der Waals surface area contributed by atoms with Gasteiger partial charge in [-0.3, -0.25) is 0 Å². The van der Waals surface area contributed by atoms with E-state index in [0.29, 0.717) is 72.3 Å². The Morgan fingerprint density at radius 2 is 1.00 bits per heavy atom. The van der Waals surface area contributed by atoms with Crippen LogP contribution in [0.25, 0.3) is 0 Å². The van der Waals surface area contributed by atoms with E-state index >= 15 is 0 Å². The normalized spacial score (nSPS) is 48.2. The lowest BCUT2D eigenvalue weighted by molar-refractivity contribution is -0.256. The number of ether oxygens (including phenoxy) is 6. The Morgan fingerprint density at radius 3 is 1.49 bits per heavy atom. The van der Waals surface area contributed by atoms with Crippen molar-refractivity contribution in [1.82, 2.24) is 21.3 Å². The number of amides is 2. The standard InChI is InChI=1S/C63H100N4O8/c1-40-14-24-62(70-38-40)36-52-54(74-62)34-50-46-12-10-42-32-44(16-20-58(42,3)48(46)18-22-60(50,52)5)72-56(68)66-27-9-7-8-26-64-28-29-65-30-31-67-57(69)73-45-17-21-59(4)43(33-45)11-13-47-49(59)19-23-61(6)51(47)35-55-53(61)37-63(75-55)25-15-41(2)39-71-63/h10-11,40-41,44-55,64-65H,7-9,12-39H2,1-6H3,(H,66,68)(H,67,69)/t40-,41-,44+,45+,46-,47-,48+,49+,50+,51+,52+,53+,54+,55+,58+,59+,60+,61+,62-,63-/m1/s1. The monoisotopic (exact) mass is 1040 g/mol. The Hall–Kier alpha value is -2.22. The van der Waals surface area contributed by atoms with Gasteiger partial charge in [0.2, 0.25) is 0 Å². The van der Waals surface area contributed by atoms with Gasteiger partial charge >= 0.3 is 12.2 Å². The van der Waals surface area contributed by atoms with Gasteiger partial charge in [0.15, 0.2) is 11.6 Å². The molecule has 75 heavy (non-hydrogen) atoms. The summed E-state index contributed by atoms with van der Waals surface area (Å²) in [6.07, 6.45) is 31.0. The molecule has 0 aromatic heterocycles. The van der Waals surface area contributed by atoms with Crippen LogP contribution in [-0.4, -0.2) is 101 Å². The van der Waals surface area contributed by atoms with E-state index in [1.807, 2.05) is 0 Å². The lowest BCUT2D eigenvalue weighted by atomic mass is 9.47. The number of carbonyl (C=O) groups is 2. The molecule has 4 heterocycles. The van der Waals surface area contributed by atoms with Crippen molar-refractivity contribution >= 4 is 12.2 Å². The van der Waals surface area contributed by atoms with Crippen LogP contribution in [0, 0.1) is 80.8 Å². The first kappa shape index (κ1) is 53.4. The van der Waals surface area contributed by atoms with Gasteiger partial charge in [0, 0.05) is 71.2 Å². The average molecular weight is 1040 g/mol. The number of rotatable bonds is 14. The molecule has 0 bridgehead atoms. The molecule has 10 fully saturated rings. The Morgan fingerprint density at radius 1 is 0.533 bits per heavy atom. The smallest absolute Gasteiger partial charge is 0.407 e. The van der Waals surface area contributed by atoms with Crippen molar-refractivity contribution in [3.8, 4) is 0 Å².